The van der Waals surface area contributed by atoms with Crippen LogP contribution in [-0.2, 0) is 18.0 Å². The first kappa shape index (κ1) is 11.7. The average molecular weight is 210 g/mol. The van der Waals surface area contributed by atoms with Gasteiger partial charge in [-0.15, -0.1) is 0 Å². The highest BCUT2D eigenvalue weighted by Gasteiger charge is 2.18. The molecule has 3 N–H and O–H groups in total. The smallest absolute Gasteiger partial charge is 0.310 e. The van der Waals surface area contributed by atoms with E-state index in [0.717, 1.165) is 0 Å². The molecule has 4 nitrogen and oxygen atoms in total. The Morgan fingerprint density at radius 1 is 1.33 bits per heavy atom. The van der Waals surface area contributed by atoms with Crippen LogP contribution in [0.3, 0.4) is 0 Å². The lowest BCUT2D eigenvalue weighted by atomic mass is 9.93. The van der Waals surface area contributed by atoms with Crippen LogP contribution < -0.4 is 0 Å². The minimum atomic E-state index is -0.945. The van der Waals surface area contributed by atoms with Crippen LogP contribution in [0.2, 0.25) is 0 Å². The van der Waals surface area contributed by atoms with E-state index < -0.39 is 11.9 Å². The molecule has 1 unspecified atom stereocenters. The first-order chi connectivity index (χ1) is 7.11. The molecular formula is C11H14O4. The number of carboxylic acid groups (broad SMARTS) is 1. The van der Waals surface area contributed by atoms with Crippen LogP contribution in [0.15, 0.2) is 18.2 Å². The van der Waals surface area contributed by atoms with Crippen molar-refractivity contribution >= 4 is 5.97 Å². The molecule has 0 fully saturated rings. The molecule has 15 heavy (non-hydrogen) atoms. The highest BCUT2D eigenvalue weighted by molar-refractivity contribution is 5.76. The Bertz CT molecular complexity index is 360. The van der Waals surface area contributed by atoms with Crippen molar-refractivity contribution in [2.45, 2.75) is 26.1 Å². The molecule has 1 aromatic rings. The number of aliphatic hydroxyl groups excluding tert-OH is 2. The summed E-state index contributed by atoms with van der Waals surface area (Å²) in [6, 6.07) is 5.01. The van der Waals surface area contributed by atoms with E-state index in [2.05, 4.69) is 0 Å². The summed E-state index contributed by atoms with van der Waals surface area (Å²) in [6.07, 6.45) is 0. The second kappa shape index (κ2) is 4.91. The van der Waals surface area contributed by atoms with Crippen LogP contribution in [0.5, 0.6) is 0 Å². The van der Waals surface area contributed by atoms with Crippen molar-refractivity contribution in [3.63, 3.8) is 0 Å². The van der Waals surface area contributed by atoms with E-state index in [1.165, 1.54) is 0 Å². The third-order valence-electron chi connectivity index (χ3n) is 2.47. The quantitative estimate of drug-likeness (QED) is 0.688. The predicted octanol–water partition coefficient (Wildman–Crippen LogP) is 0.859. The number of hydrogen-bond acceptors (Lipinski definition) is 3. The van der Waals surface area contributed by atoms with Crippen molar-refractivity contribution in [2.24, 2.45) is 0 Å². The van der Waals surface area contributed by atoms with Gasteiger partial charge in [-0.25, -0.2) is 0 Å². The molecule has 0 saturated carbocycles. The van der Waals surface area contributed by atoms with Gasteiger partial charge in [-0.2, -0.15) is 0 Å². The average Bonchev–Trinajstić information content (AvgIpc) is 2.26. The molecule has 0 aliphatic carbocycles. The Morgan fingerprint density at radius 3 is 2.47 bits per heavy atom. The fraction of sp³-hybridized carbons (Fsp3) is 0.364. The zero-order valence-corrected chi connectivity index (χ0v) is 8.47. The van der Waals surface area contributed by atoms with Crippen molar-refractivity contribution in [3.05, 3.63) is 34.9 Å². The standard InChI is InChI=1S/C11H14O4/c1-7(11(14)15)9-4-2-3-8(5-12)10(9)6-13/h2-4,7,12-13H,5-6H2,1H3,(H,14,15). The number of hydrogen-bond donors (Lipinski definition) is 3. The first-order valence-electron chi connectivity index (χ1n) is 4.67. The Kier molecular flexibility index (Phi) is 3.82. The molecule has 0 radical (unpaired) electrons. The van der Waals surface area contributed by atoms with Gasteiger partial charge in [0, 0.05) is 0 Å². The van der Waals surface area contributed by atoms with Crippen LogP contribution in [0.4, 0.5) is 0 Å². The number of carboxylic acids is 1. The Balaban J connectivity index is 3.22. The molecule has 1 aromatic carbocycles. The van der Waals surface area contributed by atoms with Gasteiger partial charge in [0.2, 0.25) is 0 Å². The Labute approximate surface area is 87.8 Å². The normalized spacial score (nSPS) is 12.5. The topological polar surface area (TPSA) is 77.8 Å². The lowest BCUT2D eigenvalue weighted by Gasteiger charge is -2.14. The Hall–Kier alpha value is -1.39. The van der Waals surface area contributed by atoms with E-state index in [9.17, 15) is 4.79 Å². The molecule has 0 bridgehead atoms. The van der Waals surface area contributed by atoms with Crippen molar-refractivity contribution in [1.29, 1.82) is 0 Å². The number of aliphatic carboxylic acids is 1. The minimum absolute atomic E-state index is 0.198. The van der Waals surface area contributed by atoms with E-state index in [1.807, 2.05) is 0 Å². The summed E-state index contributed by atoms with van der Waals surface area (Å²) in [7, 11) is 0. The minimum Gasteiger partial charge on any atom is -0.481 e. The zero-order chi connectivity index (χ0) is 11.4. The van der Waals surface area contributed by atoms with Crippen molar-refractivity contribution in [3.8, 4) is 0 Å². The number of aliphatic hydroxyl groups is 2. The van der Waals surface area contributed by atoms with Crippen LogP contribution >= 0.6 is 0 Å². The van der Waals surface area contributed by atoms with Crippen molar-refractivity contribution < 1.29 is 20.1 Å². The maximum absolute atomic E-state index is 10.8. The molecule has 0 aromatic heterocycles. The lowest BCUT2D eigenvalue weighted by molar-refractivity contribution is -0.138. The molecule has 0 amide bonds. The highest BCUT2D eigenvalue weighted by atomic mass is 16.4. The summed E-state index contributed by atoms with van der Waals surface area (Å²) in [6.45, 7) is 1.09. The van der Waals surface area contributed by atoms with Gasteiger partial charge < -0.3 is 15.3 Å². The molecule has 0 aliphatic rings. The second-order valence-electron chi connectivity index (χ2n) is 3.36. The van der Waals surface area contributed by atoms with E-state index >= 15 is 0 Å². The van der Waals surface area contributed by atoms with Crippen LogP contribution in [0, 0.1) is 0 Å². The lowest BCUT2D eigenvalue weighted by Crippen LogP contribution is -2.11. The summed E-state index contributed by atoms with van der Waals surface area (Å²) in [5.74, 6) is -1.63. The summed E-state index contributed by atoms with van der Waals surface area (Å²) < 4.78 is 0. The summed E-state index contributed by atoms with van der Waals surface area (Å²) in [5.41, 5.74) is 1.63. The maximum atomic E-state index is 10.8. The molecule has 0 heterocycles. The van der Waals surface area contributed by atoms with E-state index in [0.29, 0.717) is 16.7 Å². The van der Waals surface area contributed by atoms with E-state index in [4.69, 9.17) is 15.3 Å². The first-order valence-corrected chi connectivity index (χ1v) is 4.67. The molecule has 4 heteroatoms. The monoisotopic (exact) mass is 210 g/mol. The van der Waals surface area contributed by atoms with E-state index in [1.54, 1.807) is 25.1 Å². The van der Waals surface area contributed by atoms with Crippen molar-refractivity contribution in [1.82, 2.24) is 0 Å². The molecule has 0 spiro atoms. The molecule has 82 valence electrons. The molecular weight excluding hydrogens is 196 g/mol. The van der Waals surface area contributed by atoms with Gasteiger partial charge in [0.1, 0.15) is 0 Å². The maximum Gasteiger partial charge on any atom is 0.310 e. The number of benzene rings is 1. The van der Waals surface area contributed by atoms with Crippen LogP contribution in [-0.4, -0.2) is 21.3 Å². The third-order valence-corrected chi connectivity index (χ3v) is 2.47. The van der Waals surface area contributed by atoms with Gasteiger partial charge in [0.05, 0.1) is 19.1 Å². The summed E-state index contributed by atoms with van der Waals surface area (Å²) in [4.78, 5) is 10.8. The third kappa shape index (κ3) is 2.34. The van der Waals surface area contributed by atoms with Gasteiger partial charge in [0.15, 0.2) is 0 Å². The number of carbonyl (C=O) groups is 1. The Morgan fingerprint density at radius 2 is 2.00 bits per heavy atom. The van der Waals surface area contributed by atoms with Crippen LogP contribution in [0.1, 0.15) is 29.5 Å². The second-order valence-corrected chi connectivity index (χ2v) is 3.36. The highest BCUT2D eigenvalue weighted by Crippen LogP contribution is 2.23. The van der Waals surface area contributed by atoms with Crippen LogP contribution in [0.25, 0.3) is 0 Å². The van der Waals surface area contributed by atoms with Gasteiger partial charge in [-0.05, 0) is 23.6 Å². The summed E-state index contributed by atoms with van der Waals surface area (Å²) in [5, 5.41) is 27.1. The largest absolute Gasteiger partial charge is 0.481 e. The zero-order valence-electron chi connectivity index (χ0n) is 8.47. The van der Waals surface area contributed by atoms with E-state index in [-0.39, 0.29) is 13.2 Å². The van der Waals surface area contributed by atoms with Crippen molar-refractivity contribution in [2.75, 3.05) is 0 Å². The van der Waals surface area contributed by atoms with Gasteiger partial charge in [-0.3, -0.25) is 4.79 Å². The fourth-order valence-electron chi connectivity index (χ4n) is 1.53. The molecule has 1 atom stereocenters. The fourth-order valence-corrected chi connectivity index (χ4v) is 1.53. The number of rotatable bonds is 4. The van der Waals surface area contributed by atoms with Gasteiger partial charge in [-0.1, -0.05) is 18.2 Å². The molecule has 0 aliphatic heterocycles. The molecule has 0 saturated heterocycles. The van der Waals surface area contributed by atoms with Gasteiger partial charge in [0.25, 0.3) is 0 Å². The molecule has 1 rings (SSSR count). The predicted molar refractivity (Wildman–Crippen MR) is 54.3 cm³/mol. The summed E-state index contributed by atoms with van der Waals surface area (Å²) >= 11 is 0. The van der Waals surface area contributed by atoms with Gasteiger partial charge >= 0.3 is 5.97 Å². The SMILES string of the molecule is CC(C(=O)O)c1cccc(CO)c1CO.